The number of halogens is 1. The molecule has 1 rings (SSSR count). The van der Waals surface area contributed by atoms with Crippen molar-refractivity contribution in [1.82, 2.24) is 10.2 Å². The number of nitrogens with two attached hydrogens (primary N) is 2. The van der Waals surface area contributed by atoms with E-state index in [1.807, 2.05) is 0 Å². The molecule has 0 radical (unpaired) electrons. The van der Waals surface area contributed by atoms with Crippen LogP contribution in [0.2, 0.25) is 0 Å². The van der Waals surface area contributed by atoms with Gasteiger partial charge in [-0.1, -0.05) is 11.3 Å². The quantitative estimate of drug-likeness (QED) is 0.616. The summed E-state index contributed by atoms with van der Waals surface area (Å²) in [5.41, 5.74) is 10.5. The van der Waals surface area contributed by atoms with Gasteiger partial charge in [0.25, 0.3) is 0 Å². The highest BCUT2D eigenvalue weighted by atomic mass is 35.5. The van der Waals surface area contributed by atoms with Gasteiger partial charge in [0.2, 0.25) is 5.13 Å². The van der Waals surface area contributed by atoms with E-state index in [0.29, 0.717) is 11.7 Å². The van der Waals surface area contributed by atoms with Crippen LogP contribution in [0.5, 0.6) is 0 Å². The van der Waals surface area contributed by atoms with Crippen molar-refractivity contribution in [3.05, 3.63) is 5.01 Å². The molecule has 0 saturated heterocycles. The number of hydrogen-bond acceptors (Lipinski definition) is 5. The van der Waals surface area contributed by atoms with Crippen LogP contribution < -0.4 is 11.5 Å². The van der Waals surface area contributed by atoms with E-state index in [-0.39, 0.29) is 12.4 Å². The Bertz CT molecular complexity index is 176. The van der Waals surface area contributed by atoms with E-state index >= 15 is 0 Å². The predicted octanol–water partition coefficient (Wildman–Crippen LogP) is 0.000800. The molecule has 1 aromatic heterocycles. The lowest BCUT2D eigenvalue weighted by Crippen LogP contribution is -1.94. The Morgan fingerprint density at radius 3 is 2.33 bits per heavy atom. The summed E-state index contributed by atoms with van der Waals surface area (Å²) in [6.07, 6.45) is 0. The fraction of sp³-hybridized carbons (Fsp3) is 0.333. The van der Waals surface area contributed by atoms with E-state index in [9.17, 15) is 0 Å². The summed E-state index contributed by atoms with van der Waals surface area (Å²) in [7, 11) is 0. The van der Waals surface area contributed by atoms with Crippen LogP contribution in [0.25, 0.3) is 0 Å². The summed E-state index contributed by atoms with van der Waals surface area (Å²) in [4.78, 5) is 0. The zero-order valence-corrected chi connectivity index (χ0v) is 6.21. The van der Waals surface area contributed by atoms with Crippen LogP contribution in [0.3, 0.4) is 0 Å². The minimum Gasteiger partial charge on any atom is -0.374 e. The van der Waals surface area contributed by atoms with Crippen molar-refractivity contribution in [1.29, 1.82) is 0 Å². The first-order chi connectivity index (χ1) is 3.83. The molecular formula is C3H7ClN4S. The van der Waals surface area contributed by atoms with Gasteiger partial charge in [-0.05, 0) is 0 Å². The standard InChI is InChI=1S/C3H6N4S.ClH/c4-1-2-6-7-3(5)8-2;/h1,4H2,(H2,5,7);1H. The maximum atomic E-state index is 5.24. The van der Waals surface area contributed by atoms with Crippen LogP contribution in [-0.4, -0.2) is 10.2 Å². The molecule has 0 amide bonds. The van der Waals surface area contributed by atoms with Crippen molar-refractivity contribution in [3.63, 3.8) is 0 Å². The minimum absolute atomic E-state index is 0. The van der Waals surface area contributed by atoms with E-state index in [1.54, 1.807) is 0 Å². The highest BCUT2D eigenvalue weighted by Crippen LogP contribution is 2.08. The molecule has 0 aliphatic rings. The molecule has 52 valence electrons. The lowest BCUT2D eigenvalue weighted by Gasteiger charge is -1.76. The molecule has 0 aliphatic heterocycles. The van der Waals surface area contributed by atoms with Crippen molar-refractivity contribution in [3.8, 4) is 0 Å². The SMILES string of the molecule is Cl.NCc1nnc(N)s1. The molecule has 6 heteroatoms. The molecule has 1 heterocycles. The van der Waals surface area contributed by atoms with E-state index in [1.165, 1.54) is 11.3 Å². The molecule has 0 aromatic carbocycles. The average molecular weight is 167 g/mol. The normalized spacial score (nSPS) is 8.56. The van der Waals surface area contributed by atoms with Crippen LogP contribution in [0, 0.1) is 0 Å². The van der Waals surface area contributed by atoms with E-state index in [2.05, 4.69) is 10.2 Å². The van der Waals surface area contributed by atoms with Crippen molar-refractivity contribution >= 4 is 28.9 Å². The van der Waals surface area contributed by atoms with Gasteiger partial charge < -0.3 is 11.5 Å². The van der Waals surface area contributed by atoms with Gasteiger partial charge >= 0.3 is 0 Å². The van der Waals surface area contributed by atoms with Crippen LogP contribution >= 0.6 is 23.7 Å². The zero-order chi connectivity index (χ0) is 5.98. The third-order valence-corrected chi connectivity index (χ3v) is 1.43. The second-order valence-corrected chi connectivity index (χ2v) is 2.33. The van der Waals surface area contributed by atoms with Crippen LogP contribution in [-0.2, 0) is 6.54 Å². The average Bonchev–Trinajstić information content (AvgIpc) is 2.14. The summed E-state index contributed by atoms with van der Waals surface area (Å²) in [6, 6.07) is 0. The van der Waals surface area contributed by atoms with Gasteiger partial charge in [0.1, 0.15) is 5.01 Å². The molecule has 0 saturated carbocycles. The third-order valence-electron chi connectivity index (χ3n) is 0.657. The molecule has 4 N–H and O–H groups in total. The van der Waals surface area contributed by atoms with Crippen LogP contribution in [0.4, 0.5) is 5.13 Å². The lowest BCUT2D eigenvalue weighted by atomic mass is 10.7. The van der Waals surface area contributed by atoms with Crippen molar-refractivity contribution in [2.75, 3.05) is 5.73 Å². The number of aromatic nitrogens is 2. The zero-order valence-electron chi connectivity index (χ0n) is 4.57. The first-order valence-electron chi connectivity index (χ1n) is 2.11. The molecule has 0 spiro atoms. The Hall–Kier alpha value is -0.390. The first-order valence-corrected chi connectivity index (χ1v) is 2.92. The summed E-state index contributed by atoms with van der Waals surface area (Å²) in [5.74, 6) is 0. The van der Waals surface area contributed by atoms with Crippen molar-refractivity contribution < 1.29 is 0 Å². The molecule has 0 bridgehead atoms. The summed E-state index contributed by atoms with van der Waals surface area (Å²) in [6.45, 7) is 0.425. The fourth-order valence-corrected chi connectivity index (χ4v) is 0.837. The smallest absolute Gasteiger partial charge is 0.203 e. The molecule has 0 fully saturated rings. The maximum Gasteiger partial charge on any atom is 0.203 e. The largest absolute Gasteiger partial charge is 0.374 e. The molecule has 4 nitrogen and oxygen atoms in total. The molecule has 0 unspecified atom stereocenters. The Morgan fingerprint density at radius 1 is 1.44 bits per heavy atom. The summed E-state index contributed by atoms with van der Waals surface area (Å²) in [5, 5.41) is 8.46. The topological polar surface area (TPSA) is 77.8 Å². The highest BCUT2D eigenvalue weighted by Gasteiger charge is 1.94. The van der Waals surface area contributed by atoms with Crippen molar-refractivity contribution in [2.45, 2.75) is 6.54 Å². The van der Waals surface area contributed by atoms with Gasteiger partial charge in [0, 0.05) is 6.54 Å². The van der Waals surface area contributed by atoms with E-state index < -0.39 is 0 Å². The Balaban J connectivity index is 0.000000640. The minimum atomic E-state index is 0. The molecule has 0 aliphatic carbocycles. The first kappa shape index (κ1) is 8.61. The lowest BCUT2D eigenvalue weighted by molar-refractivity contribution is 0.961. The number of hydrogen-bond donors (Lipinski definition) is 2. The van der Waals surface area contributed by atoms with Gasteiger partial charge in [-0.2, -0.15) is 0 Å². The Morgan fingerprint density at radius 2 is 2.11 bits per heavy atom. The maximum absolute atomic E-state index is 5.24. The number of anilines is 1. The molecular weight excluding hydrogens is 160 g/mol. The number of nitrogen functional groups attached to an aromatic ring is 1. The van der Waals surface area contributed by atoms with Crippen molar-refractivity contribution in [2.24, 2.45) is 5.73 Å². The summed E-state index contributed by atoms with van der Waals surface area (Å²) >= 11 is 1.32. The Labute approximate surface area is 62.7 Å². The molecule has 0 atom stereocenters. The van der Waals surface area contributed by atoms with Gasteiger partial charge in [0.05, 0.1) is 0 Å². The summed E-state index contributed by atoms with van der Waals surface area (Å²) < 4.78 is 0. The number of nitrogens with zero attached hydrogens (tertiary/aromatic N) is 2. The van der Waals surface area contributed by atoms with Gasteiger partial charge in [-0.15, -0.1) is 22.6 Å². The van der Waals surface area contributed by atoms with E-state index in [0.717, 1.165) is 5.01 Å². The monoisotopic (exact) mass is 166 g/mol. The molecule has 9 heavy (non-hydrogen) atoms. The highest BCUT2D eigenvalue weighted by molar-refractivity contribution is 7.15. The van der Waals surface area contributed by atoms with E-state index in [4.69, 9.17) is 11.5 Å². The number of rotatable bonds is 1. The van der Waals surface area contributed by atoms with Crippen LogP contribution in [0.15, 0.2) is 0 Å². The van der Waals surface area contributed by atoms with Crippen LogP contribution in [0.1, 0.15) is 5.01 Å². The fourth-order valence-electron chi connectivity index (χ4n) is 0.349. The van der Waals surface area contributed by atoms with Gasteiger partial charge in [-0.25, -0.2) is 0 Å². The molecule has 1 aromatic rings. The second-order valence-electron chi connectivity index (χ2n) is 1.24. The Kier molecular flexibility index (Phi) is 3.44. The second kappa shape index (κ2) is 3.60. The predicted molar refractivity (Wildman–Crippen MR) is 39.5 cm³/mol. The third kappa shape index (κ3) is 2.13. The van der Waals surface area contributed by atoms with Gasteiger partial charge in [-0.3, -0.25) is 0 Å². The van der Waals surface area contributed by atoms with Gasteiger partial charge in [0.15, 0.2) is 0 Å².